The number of carbonyl (C=O) groups is 2. The van der Waals surface area contributed by atoms with Crippen molar-refractivity contribution in [2.75, 3.05) is 13.1 Å². The summed E-state index contributed by atoms with van der Waals surface area (Å²) in [6, 6.07) is 6.41. The number of hydrogen-bond acceptors (Lipinski definition) is 3. The second-order valence-corrected chi connectivity index (χ2v) is 5.78. The van der Waals surface area contributed by atoms with Crippen LogP contribution in [0.3, 0.4) is 0 Å². The zero-order chi connectivity index (χ0) is 15.0. The number of carbonyl (C=O) groups excluding carboxylic acids is 2. The molecule has 1 aromatic carbocycles. The average molecular weight is 328 g/mol. The number of nitrogens with one attached hydrogen (secondary N) is 2. The van der Waals surface area contributed by atoms with E-state index in [1.807, 2.05) is 0 Å². The molecular weight excluding hydrogens is 309 g/mol. The molecular formula is C15H19ClFN3O2. The van der Waals surface area contributed by atoms with Crippen LogP contribution >= 0.6 is 12.4 Å². The minimum absolute atomic E-state index is 0. The van der Waals surface area contributed by atoms with Gasteiger partial charge in [0.2, 0.25) is 11.8 Å². The zero-order valence-electron chi connectivity index (χ0n) is 11.9. The highest BCUT2D eigenvalue weighted by atomic mass is 35.5. The van der Waals surface area contributed by atoms with Crippen LogP contribution in [0.25, 0.3) is 0 Å². The maximum atomic E-state index is 12.9. The lowest BCUT2D eigenvalue weighted by molar-refractivity contribution is -0.131. The van der Waals surface area contributed by atoms with Crippen molar-refractivity contribution in [3.05, 3.63) is 35.6 Å². The highest BCUT2D eigenvalue weighted by Gasteiger charge is 2.43. The Bertz CT molecular complexity index is 566. The molecule has 3 rings (SSSR count). The van der Waals surface area contributed by atoms with Gasteiger partial charge in [0.25, 0.3) is 0 Å². The summed E-state index contributed by atoms with van der Waals surface area (Å²) in [5.41, 5.74) is 6.34. The Kier molecular flexibility index (Phi) is 5.03. The summed E-state index contributed by atoms with van der Waals surface area (Å²) in [4.78, 5) is 23.5. The van der Waals surface area contributed by atoms with Crippen molar-refractivity contribution in [2.24, 2.45) is 17.6 Å². The van der Waals surface area contributed by atoms with E-state index in [0.29, 0.717) is 13.1 Å². The van der Waals surface area contributed by atoms with E-state index in [-0.39, 0.29) is 36.1 Å². The third-order valence-electron chi connectivity index (χ3n) is 4.33. The van der Waals surface area contributed by atoms with Crippen molar-refractivity contribution in [3.63, 3.8) is 0 Å². The summed E-state index contributed by atoms with van der Waals surface area (Å²) in [6.45, 7) is 0.937. The van der Waals surface area contributed by atoms with Crippen molar-refractivity contribution < 1.29 is 14.0 Å². The number of primary amides is 1. The molecule has 4 N–H and O–H groups in total. The summed E-state index contributed by atoms with van der Waals surface area (Å²) in [5, 5.41) is 5.99. The molecule has 1 aromatic rings. The standard InChI is InChI=1S/C15H18FN3O2.ClH/c16-9-3-1-8(2-4-9)10-5-13(10)19-15(21)12-7-18-6-11(12)14(17)20;/h1-4,10-13,18H,5-7H2,(H2,17,20)(H,19,21);1H/t10-,11?,12?,13+;/m1./s1. The lowest BCUT2D eigenvalue weighted by atomic mass is 9.94. The molecule has 1 heterocycles. The first-order chi connectivity index (χ1) is 10.1. The molecule has 120 valence electrons. The van der Waals surface area contributed by atoms with E-state index in [4.69, 9.17) is 5.73 Å². The zero-order valence-corrected chi connectivity index (χ0v) is 12.7. The summed E-state index contributed by atoms with van der Waals surface area (Å²) >= 11 is 0. The van der Waals surface area contributed by atoms with E-state index in [9.17, 15) is 14.0 Å². The molecule has 2 fully saturated rings. The van der Waals surface area contributed by atoms with Crippen LogP contribution in [0.2, 0.25) is 0 Å². The van der Waals surface area contributed by atoms with Crippen molar-refractivity contribution >= 4 is 24.2 Å². The van der Waals surface area contributed by atoms with E-state index >= 15 is 0 Å². The van der Waals surface area contributed by atoms with Crippen molar-refractivity contribution in [2.45, 2.75) is 18.4 Å². The van der Waals surface area contributed by atoms with Gasteiger partial charge in [0.15, 0.2) is 0 Å². The smallest absolute Gasteiger partial charge is 0.225 e. The van der Waals surface area contributed by atoms with Gasteiger partial charge in [0, 0.05) is 25.0 Å². The second kappa shape index (κ2) is 6.62. The molecule has 1 saturated carbocycles. The molecule has 2 unspecified atom stereocenters. The molecule has 0 radical (unpaired) electrons. The Labute approximate surface area is 134 Å². The number of nitrogens with two attached hydrogens (primary N) is 1. The molecule has 2 amide bonds. The van der Waals surface area contributed by atoms with Crippen molar-refractivity contribution in [1.29, 1.82) is 0 Å². The van der Waals surface area contributed by atoms with Gasteiger partial charge in [-0.3, -0.25) is 9.59 Å². The van der Waals surface area contributed by atoms with Crippen LogP contribution in [-0.4, -0.2) is 30.9 Å². The fraction of sp³-hybridized carbons (Fsp3) is 0.467. The topological polar surface area (TPSA) is 84.2 Å². The predicted molar refractivity (Wildman–Crippen MR) is 82.0 cm³/mol. The van der Waals surface area contributed by atoms with Crippen LogP contribution in [0.1, 0.15) is 17.9 Å². The van der Waals surface area contributed by atoms with Gasteiger partial charge in [-0.2, -0.15) is 0 Å². The molecule has 1 aliphatic carbocycles. The molecule has 4 atom stereocenters. The SMILES string of the molecule is Cl.NC(=O)C1CNCC1C(=O)N[C@H]1C[C@@H]1c1ccc(F)cc1. The van der Waals surface area contributed by atoms with Gasteiger partial charge in [-0.05, 0) is 24.1 Å². The Morgan fingerprint density at radius 3 is 2.45 bits per heavy atom. The maximum absolute atomic E-state index is 12.9. The monoisotopic (exact) mass is 327 g/mol. The Morgan fingerprint density at radius 1 is 1.18 bits per heavy atom. The minimum atomic E-state index is -0.439. The predicted octanol–water partition coefficient (Wildman–Crippen LogP) is 0.540. The van der Waals surface area contributed by atoms with Gasteiger partial charge in [-0.25, -0.2) is 4.39 Å². The summed E-state index contributed by atoms with van der Waals surface area (Å²) in [7, 11) is 0. The molecule has 7 heteroatoms. The average Bonchev–Trinajstić information content (AvgIpc) is 3.03. The summed E-state index contributed by atoms with van der Waals surface area (Å²) in [5.74, 6) is -1.42. The number of halogens is 2. The fourth-order valence-electron chi connectivity index (χ4n) is 2.98. The van der Waals surface area contributed by atoms with Crippen LogP contribution in [0.5, 0.6) is 0 Å². The van der Waals surface area contributed by atoms with E-state index < -0.39 is 17.7 Å². The molecule has 0 aromatic heterocycles. The van der Waals surface area contributed by atoms with Crippen LogP contribution in [0.15, 0.2) is 24.3 Å². The molecule has 0 bridgehead atoms. The number of amides is 2. The van der Waals surface area contributed by atoms with E-state index in [1.165, 1.54) is 12.1 Å². The normalized spacial score (nSPS) is 29.5. The fourth-order valence-corrected chi connectivity index (χ4v) is 2.98. The van der Waals surface area contributed by atoms with Gasteiger partial charge < -0.3 is 16.4 Å². The van der Waals surface area contributed by atoms with Gasteiger partial charge in [0.05, 0.1) is 11.8 Å². The van der Waals surface area contributed by atoms with Crippen molar-refractivity contribution in [3.8, 4) is 0 Å². The summed E-state index contributed by atoms with van der Waals surface area (Å²) in [6.07, 6.45) is 0.846. The van der Waals surface area contributed by atoms with Crippen LogP contribution in [0.4, 0.5) is 4.39 Å². The lowest BCUT2D eigenvalue weighted by Gasteiger charge is -2.15. The second-order valence-electron chi connectivity index (χ2n) is 5.78. The van der Waals surface area contributed by atoms with Gasteiger partial charge in [-0.1, -0.05) is 12.1 Å². The first-order valence-corrected chi connectivity index (χ1v) is 7.12. The third-order valence-corrected chi connectivity index (χ3v) is 4.33. The molecule has 1 saturated heterocycles. The molecule has 5 nitrogen and oxygen atoms in total. The van der Waals surface area contributed by atoms with Crippen LogP contribution in [-0.2, 0) is 9.59 Å². The molecule has 0 spiro atoms. The highest BCUT2D eigenvalue weighted by molar-refractivity contribution is 5.88. The number of benzene rings is 1. The lowest BCUT2D eigenvalue weighted by Crippen LogP contribution is -2.40. The van der Waals surface area contributed by atoms with Gasteiger partial charge in [0.1, 0.15) is 5.82 Å². The van der Waals surface area contributed by atoms with Gasteiger partial charge >= 0.3 is 0 Å². The van der Waals surface area contributed by atoms with E-state index in [2.05, 4.69) is 10.6 Å². The summed E-state index contributed by atoms with van der Waals surface area (Å²) < 4.78 is 12.9. The molecule has 22 heavy (non-hydrogen) atoms. The van der Waals surface area contributed by atoms with E-state index in [1.54, 1.807) is 12.1 Å². The van der Waals surface area contributed by atoms with Gasteiger partial charge in [-0.15, -0.1) is 12.4 Å². The largest absolute Gasteiger partial charge is 0.369 e. The number of hydrogen-bond donors (Lipinski definition) is 3. The Morgan fingerprint density at radius 2 is 1.82 bits per heavy atom. The molecule has 2 aliphatic rings. The number of rotatable bonds is 4. The maximum Gasteiger partial charge on any atom is 0.225 e. The van der Waals surface area contributed by atoms with Crippen LogP contribution < -0.4 is 16.4 Å². The van der Waals surface area contributed by atoms with Crippen LogP contribution in [0, 0.1) is 17.7 Å². The third kappa shape index (κ3) is 3.39. The highest BCUT2D eigenvalue weighted by Crippen LogP contribution is 2.41. The quantitative estimate of drug-likeness (QED) is 0.754. The minimum Gasteiger partial charge on any atom is -0.369 e. The first-order valence-electron chi connectivity index (χ1n) is 7.12. The molecule has 1 aliphatic heterocycles. The van der Waals surface area contributed by atoms with E-state index in [0.717, 1.165) is 12.0 Å². The first kappa shape index (κ1) is 16.7. The Hall–Kier alpha value is -1.66. The van der Waals surface area contributed by atoms with Crippen molar-refractivity contribution in [1.82, 2.24) is 10.6 Å². The Balaban J connectivity index is 0.00000176.